The zero-order valence-electron chi connectivity index (χ0n) is 6.05. The van der Waals surface area contributed by atoms with Crippen LogP contribution in [0.2, 0.25) is 0 Å². The molecule has 2 unspecified atom stereocenters. The number of alkyl halides is 1. The summed E-state index contributed by atoms with van der Waals surface area (Å²) in [5.41, 5.74) is -0.409. The van der Waals surface area contributed by atoms with Crippen molar-refractivity contribution in [2.75, 3.05) is 18.2 Å². The van der Waals surface area contributed by atoms with Crippen molar-refractivity contribution < 1.29 is 9.18 Å². The van der Waals surface area contributed by atoms with Crippen LogP contribution in [-0.4, -0.2) is 37.6 Å². The smallest absolute Gasteiger partial charge is 0.229 e. The number of carbonyl (C=O) groups is 1. The van der Waals surface area contributed by atoms with Gasteiger partial charge in [0.15, 0.2) is 0 Å². The third kappa shape index (κ3) is 8.15. The molecule has 11 heavy (non-hydrogen) atoms. The van der Waals surface area contributed by atoms with Crippen LogP contribution in [0.15, 0.2) is 0 Å². The molecule has 0 aliphatic carbocycles. The van der Waals surface area contributed by atoms with Crippen LogP contribution in [0.25, 0.3) is 0 Å². The van der Waals surface area contributed by atoms with E-state index in [1.165, 1.54) is 11.8 Å². The van der Waals surface area contributed by atoms with Gasteiger partial charge in [0, 0.05) is 11.4 Å². The van der Waals surface area contributed by atoms with E-state index in [2.05, 4.69) is 14.6 Å². The molecule has 2 nitrogen and oxygen atoms in total. The Bertz CT molecular complexity index is 127. The van der Waals surface area contributed by atoms with Gasteiger partial charge in [0.1, 0.15) is 7.85 Å². The molecule has 0 bridgehead atoms. The van der Waals surface area contributed by atoms with Gasteiger partial charge in [-0.2, -0.15) is 0 Å². The molecule has 1 amide bonds. The van der Waals surface area contributed by atoms with Crippen molar-refractivity contribution in [2.24, 2.45) is 0 Å². The molecule has 62 valence electrons. The summed E-state index contributed by atoms with van der Waals surface area (Å²) in [6.07, 6.45) is 0. The van der Waals surface area contributed by atoms with Crippen LogP contribution in [0.5, 0.6) is 0 Å². The molecule has 0 fully saturated rings. The zero-order chi connectivity index (χ0) is 8.69. The molecular weight excluding hydrogens is 182 g/mol. The van der Waals surface area contributed by atoms with Gasteiger partial charge < -0.3 is 5.32 Å². The SMILES string of the molecule is [B]C(P)NC(=O)CSCC[18F]. The van der Waals surface area contributed by atoms with Gasteiger partial charge in [0.25, 0.3) is 0 Å². The molecule has 0 rings (SSSR count). The first-order valence-electron chi connectivity index (χ1n) is 3.11. The first kappa shape index (κ1) is 11.2. The summed E-state index contributed by atoms with van der Waals surface area (Å²) in [7, 11) is 7.49. The van der Waals surface area contributed by atoms with Crippen LogP contribution in [0.4, 0.5) is 4.39 Å². The lowest BCUT2D eigenvalue weighted by Crippen LogP contribution is -2.32. The summed E-state index contributed by atoms with van der Waals surface area (Å²) in [5.74, 6) is 0.469. The standard InChI is InChI=1S/C5H10BFNOPS/c6-5(10)8-4(9)3-11-2-1-7/h5H,1-3,10H2,(H,8,9)/i7-1. The lowest BCUT2D eigenvalue weighted by atomic mass is 10.1. The maximum atomic E-state index is 11.5. The number of hydrogen-bond acceptors (Lipinski definition) is 2. The molecule has 0 aromatic carbocycles. The maximum absolute atomic E-state index is 11.5. The molecule has 0 spiro atoms. The van der Waals surface area contributed by atoms with E-state index in [1.807, 2.05) is 0 Å². The third-order valence-electron chi connectivity index (χ3n) is 0.782. The number of nitrogens with one attached hydrogen (secondary N) is 1. The molecule has 0 aliphatic rings. The number of amides is 1. The van der Waals surface area contributed by atoms with Crippen LogP contribution in [0.1, 0.15) is 0 Å². The predicted molar refractivity (Wildman–Crippen MR) is 50.7 cm³/mol. The van der Waals surface area contributed by atoms with Crippen molar-refractivity contribution >= 4 is 34.8 Å². The minimum Gasteiger partial charge on any atom is -0.358 e. The van der Waals surface area contributed by atoms with Crippen molar-refractivity contribution in [2.45, 2.75) is 5.68 Å². The highest BCUT2D eigenvalue weighted by Gasteiger charge is 2.01. The Kier molecular flexibility index (Phi) is 7.08. The van der Waals surface area contributed by atoms with Crippen LogP contribution < -0.4 is 5.32 Å². The molecule has 2 radical (unpaired) electrons. The third-order valence-corrected chi connectivity index (χ3v) is 1.86. The van der Waals surface area contributed by atoms with Gasteiger partial charge >= 0.3 is 0 Å². The molecular formula is C5H10BFNOPS. The summed E-state index contributed by atoms with van der Waals surface area (Å²) >= 11 is 1.25. The van der Waals surface area contributed by atoms with Gasteiger partial charge in [0.05, 0.1) is 12.4 Å². The molecule has 0 aromatic heterocycles. The van der Waals surface area contributed by atoms with E-state index in [0.717, 1.165) is 0 Å². The second-order valence-corrected chi connectivity index (χ2v) is 3.66. The van der Waals surface area contributed by atoms with E-state index < -0.39 is 12.4 Å². The number of carbonyl (C=O) groups excluding carboxylic acids is 1. The molecule has 0 aliphatic heterocycles. The fourth-order valence-corrected chi connectivity index (χ4v) is 1.16. The number of halogens is 1. The second-order valence-electron chi connectivity index (χ2n) is 1.83. The van der Waals surface area contributed by atoms with Gasteiger partial charge in [-0.15, -0.1) is 21.0 Å². The van der Waals surface area contributed by atoms with E-state index in [9.17, 15) is 9.18 Å². The highest BCUT2D eigenvalue weighted by molar-refractivity contribution is 7.99. The van der Waals surface area contributed by atoms with Crippen LogP contribution in [-0.2, 0) is 4.79 Å². The highest BCUT2D eigenvalue weighted by Crippen LogP contribution is 1.99. The van der Waals surface area contributed by atoms with Crippen LogP contribution >= 0.6 is 21.0 Å². The largest absolute Gasteiger partial charge is 0.358 e. The first-order valence-corrected chi connectivity index (χ1v) is 4.93. The minimum atomic E-state index is -0.409. The maximum Gasteiger partial charge on any atom is 0.229 e. The van der Waals surface area contributed by atoms with Crippen molar-refractivity contribution in [1.29, 1.82) is 0 Å². The van der Waals surface area contributed by atoms with Gasteiger partial charge in [-0.1, -0.05) is 0 Å². The van der Waals surface area contributed by atoms with Crippen molar-refractivity contribution in [3.63, 3.8) is 0 Å². The molecule has 0 heterocycles. The summed E-state index contributed by atoms with van der Waals surface area (Å²) in [4.78, 5) is 10.8. The average molecular weight is 192 g/mol. The van der Waals surface area contributed by atoms with E-state index in [1.54, 1.807) is 0 Å². The van der Waals surface area contributed by atoms with Crippen molar-refractivity contribution in [3.8, 4) is 0 Å². The number of thioether (sulfide) groups is 1. The van der Waals surface area contributed by atoms with Gasteiger partial charge in [0.2, 0.25) is 5.91 Å². The Hall–Kier alpha value is 0.245. The Morgan fingerprint density at radius 2 is 2.45 bits per heavy atom. The summed E-state index contributed by atoms with van der Waals surface area (Å²) in [6.45, 7) is -0.398. The van der Waals surface area contributed by atoms with Crippen molar-refractivity contribution in [3.05, 3.63) is 0 Å². The Morgan fingerprint density at radius 3 is 2.91 bits per heavy atom. The molecule has 0 saturated heterocycles. The zero-order valence-corrected chi connectivity index (χ0v) is 8.02. The van der Waals surface area contributed by atoms with E-state index in [-0.39, 0.29) is 11.7 Å². The van der Waals surface area contributed by atoms with Gasteiger partial charge in [-0.05, 0) is 0 Å². The monoisotopic (exact) mass is 192 g/mol. The fourth-order valence-electron chi connectivity index (χ4n) is 0.447. The first-order chi connectivity index (χ1) is 5.16. The lowest BCUT2D eigenvalue weighted by Gasteiger charge is -2.06. The quantitative estimate of drug-likeness (QED) is 0.381. The fraction of sp³-hybridized carbons (Fsp3) is 0.800. The summed E-state index contributed by atoms with van der Waals surface area (Å²) in [5, 5.41) is 2.46. The Labute approximate surface area is 73.7 Å². The number of rotatable bonds is 5. The predicted octanol–water partition coefficient (Wildman–Crippen LogP) is 0.132. The summed E-state index contributed by atoms with van der Waals surface area (Å²) in [6, 6.07) is 0. The molecule has 1 N–H and O–H groups in total. The average Bonchev–Trinajstić information content (AvgIpc) is 1.86. The lowest BCUT2D eigenvalue weighted by molar-refractivity contribution is -0.118. The molecule has 6 heteroatoms. The molecule has 0 saturated carbocycles. The number of hydrogen-bond donors (Lipinski definition) is 1. The topological polar surface area (TPSA) is 29.1 Å². The Morgan fingerprint density at radius 1 is 1.82 bits per heavy atom. The molecule has 2 atom stereocenters. The van der Waals surface area contributed by atoms with Gasteiger partial charge in [-0.25, -0.2) is 0 Å². The van der Waals surface area contributed by atoms with Crippen LogP contribution in [0, 0.1) is 0 Å². The summed E-state index contributed by atoms with van der Waals surface area (Å²) < 4.78 is 11.5. The normalized spacial score (nSPS) is 12.5. The van der Waals surface area contributed by atoms with Crippen LogP contribution in [0.3, 0.4) is 0 Å². The minimum absolute atomic E-state index is 0.161. The molecule has 0 aromatic rings. The van der Waals surface area contributed by atoms with E-state index >= 15 is 0 Å². The Balaban J connectivity index is 3.23. The van der Waals surface area contributed by atoms with Gasteiger partial charge in [-0.3, -0.25) is 9.18 Å². The second kappa shape index (κ2) is 6.92. The van der Waals surface area contributed by atoms with Crippen molar-refractivity contribution in [1.82, 2.24) is 5.32 Å². The van der Waals surface area contributed by atoms with E-state index in [0.29, 0.717) is 5.75 Å². The highest BCUT2D eigenvalue weighted by atomic mass is 32.2. The van der Waals surface area contributed by atoms with E-state index in [4.69, 9.17) is 7.85 Å².